The molecule has 0 fully saturated rings. The van der Waals surface area contributed by atoms with E-state index in [1.54, 1.807) is 18.2 Å². The van der Waals surface area contributed by atoms with Gasteiger partial charge in [-0.1, -0.05) is 36.4 Å². The fraction of sp³-hybridized carbons (Fsp3) is 0.280. The highest BCUT2D eigenvalue weighted by atomic mass is 17.1. The molecule has 1 aromatic heterocycles. The van der Waals surface area contributed by atoms with Crippen LogP contribution in [0, 0.1) is 0 Å². The lowest BCUT2D eigenvalue weighted by Gasteiger charge is -2.13. The number of hydrogen-bond donors (Lipinski definition) is 6. The van der Waals surface area contributed by atoms with Gasteiger partial charge in [0, 0.05) is 42.8 Å². The first-order valence-corrected chi connectivity index (χ1v) is 11.8. The molecule has 0 radical (unpaired) electrons. The third-order valence-electron chi connectivity index (χ3n) is 4.93. The van der Waals surface area contributed by atoms with Crippen LogP contribution >= 0.6 is 0 Å². The molecule has 0 atom stereocenters. The number of nitrogens with zero attached hydrogens (tertiary/aromatic N) is 2. The maximum Gasteiger partial charge on any atom is 0.407 e. The predicted octanol–water partition coefficient (Wildman–Crippen LogP) is 4.08. The molecule has 0 saturated heterocycles. The predicted molar refractivity (Wildman–Crippen MR) is 140 cm³/mol. The van der Waals surface area contributed by atoms with Crippen LogP contribution < -0.4 is 26.6 Å². The number of amides is 3. The van der Waals surface area contributed by atoms with Crippen LogP contribution in [0.15, 0.2) is 60.8 Å². The zero-order valence-electron chi connectivity index (χ0n) is 20.5. The SMILES string of the molecule is CCNC(=O)Nc1cccc(Nc2ncc(COO)c(NCCCNC(=O)OCc3ccccc3)n2)c1. The van der Waals surface area contributed by atoms with E-state index in [9.17, 15) is 9.59 Å². The lowest BCUT2D eigenvalue weighted by molar-refractivity contribution is -0.252. The number of aromatic nitrogens is 2. The third-order valence-corrected chi connectivity index (χ3v) is 4.93. The van der Waals surface area contributed by atoms with Gasteiger partial charge in [-0.05, 0) is 37.1 Å². The number of alkyl carbamates (subject to hydrolysis) is 1. The van der Waals surface area contributed by atoms with Gasteiger partial charge in [-0.25, -0.2) is 19.5 Å². The summed E-state index contributed by atoms with van der Waals surface area (Å²) < 4.78 is 5.19. The van der Waals surface area contributed by atoms with E-state index in [-0.39, 0.29) is 19.2 Å². The Hall–Kier alpha value is -4.42. The van der Waals surface area contributed by atoms with E-state index in [2.05, 4.69) is 41.4 Å². The van der Waals surface area contributed by atoms with Gasteiger partial charge in [0.05, 0.1) is 0 Å². The second-order valence-electron chi connectivity index (χ2n) is 7.80. The summed E-state index contributed by atoms with van der Waals surface area (Å²) in [6.45, 7) is 3.35. The minimum Gasteiger partial charge on any atom is -0.445 e. The van der Waals surface area contributed by atoms with Gasteiger partial charge in [0.15, 0.2) is 0 Å². The molecule has 0 unspecified atom stereocenters. The standard InChI is InChI=1S/C25H31N7O5/c1-2-26-24(33)31-21-11-6-10-20(14-21)30-23-29-15-19(17-37-35)22(32-23)27-12-7-13-28-25(34)36-16-18-8-4-3-5-9-18/h3-6,8-11,14-15,35H,2,7,12-13,16-17H2,1H3,(H,28,34)(H2,26,31,33)(H2,27,29,30,32). The first-order chi connectivity index (χ1) is 18.1. The van der Waals surface area contributed by atoms with E-state index >= 15 is 0 Å². The number of hydrogen-bond acceptors (Lipinski definition) is 9. The summed E-state index contributed by atoms with van der Waals surface area (Å²) >= 11 is 0. The van der Waals surface area contributed by atoms with Gasteiger partial charge in [0.2, 0.25) is 5.95 Å². The van der Waals surface area contributed by atoms with Gasteiger partial charge in [-0.15, -0.1) is 0 Å². The van der Waals surface area contributed by atoms with Crippen molar-refractivity contribution < 1.29 is 24.5 Å². The summed E-state index contributed by atoms with van der Waals surface area (Å²) in [5, 5.41) is 23.3. The maximum absolute atomic E-state index is 11.9. The second kappa shape index (κ2) is 14.9. The van der Waals surface area contributed by atoms with Crippen LogP contribution in [0.5, 0.6) is 0 Å². The summed E-state index contributed by atoms with van der Waals surface area (Å²) in [4.78, 5) is 36.6. The van der Waals surface area contributed by atoms with Gasteiger partial charge in [0.1, 0.15) is 19.0 Å². The molecule has 0 aliphatic heterocycles. The number of rotatable bonds is 13. The molecule has 12 nitrogen and oxygen atoms in total. The van der Waals surface area contributed by atoms with Crippen molar-refractivity contribution in [2.45, 2.75) is 26.6 Å². The zero-order chi connectivity index (χ0) is 26.3. The van der Waals surface area contributed by atoms with Crippen molar-refractivity contribution in [3.63, 3.8) is 0 Å². The topological polar surface area (TPSA) is 159 Å². The number of anilines is 4. The van der Waals surface area contributed by atoms with Gasteiger partial charge in [-0.3, -0.25) is 5.26 Å². The number of nitrogens with one attached hydrogen (secondary N) is 5. The summed E-state index contributed by atoms with van der Waals surface area (Å²) in [6, 6.07) is 16.3. The Morgan fingerprint density at radius 3 is 2.57 bits per heavy atom. The molecule has 12 heteroatoms. The van der Waals surface area contributed by atoms with Crippen molar-refractivity contribution in [1.29, 1.82) is 0 Å². The molecular formula is C25H31N7O5. The smallest absolute Gasteiger partial charge is 0.407 e. The number of carbonyl (C=O) groups is 2. The minimum atomic E-state index is -0.490. The largest absolute Gasteiger partial charge is 0.445 e. The van der Waals surface area contributed by atoms with E-state index in [1.807, 2.05) is 43.3 Å². The van der Waals surface area contributed by atoms with Crippen molar-refractivity contribution in [3.05, 3.63) is 71.9 Å². The van der Waals surface area contributed by atoms with Crippen LogP contribution in [0.3, 0.4) is 0 Å². The highest BCUT2D eigenvalue weighted by molar-refractivity contribution is 5.89. The van der Waals surface area contributed by atoms with Gasteiger partial charge in [0.25, 0.3) is 0 Å². The van der Waals surface area contributed by atoms with Crippen LogP contribution in [0.2, 0.25) is 0 Å². The Balaban J connectivity index is 1.49. The Morgan fingerprint density at radius 2 is 1.78 bits per heavy atom. The van der Waals surface area contributed by atoms with E-state index in [0.717, 1.165) is 5.56 Å². The fourth-order valence-corrected chi connectivity index (χ4v) is 3.19. The number of benzene rings is 2. The lowest BCUT2D eigenvalue weighted by Crippen LogP contribution is -2.28. The van der Waals surface area contributed by atoms with Crippen LogP contribution in [-0.2, 0) is 22.8 Å². The molecule has 3 aromatic rings. The number of carbonyl (C=O) groups excluding carboxylic acids is 2. The molecular weight excluding hydrogens is 478 g/mol. The van der Waals surface area contributed by atoms with Gasteiger partial charge < -0.3 is 31.3 Å². The van der Waals surface area contributed by atoms with Gasteiger partial charge >= 0.3 is 12.1 Å². The van der Waals surface area contributed by atoms with E-state index in [4.69, 9.17) is 9.99 Å². The summed E-state index contributed by atoms with van der Waals surface area (Å²) in [5.41, 5.74) is 2.74. The first-order valence-electron chi connectivity index (χ1n) is 11.8. The molecule has 196 valence electrons. The van der Waals surface area contributed by atoms with Crippen molar-refractivity contribution in [2.75, 3.05) is 35.6 Å². The Morgan fingerprint density at radius 1 is 0.973 bits per heavy atom. The Bertz CT molecular complexity index is 1150. The summed E-state index contributed by atoms with van der Waals surface area (Å²) in [7, 11) is 0. The van der Waals surface area contributed by atoms with Crippen LogP contribution in [-0.4, -0.2) is 47.0 Å². The van der Waals surface area contributed by atoms with Crippen molar-refractivity contribution >= 4 is 35.3 Å². The fourth-order valence-electron chi connectivity index (χ4n) is 3.19. The molecule has 0 aliphatic rings. The van der Waals surface area contributed by atoms with Crippen molar-refractivity contribution in [2.24, 2.45) is 0 Å². The quantitative estimate of drug-likeness (QED) is 0.113. The second-order valence-corrected chi connectivity index (χ2v) is 7.80. The Kier molecular flexibility index (Phi) is 10.9. The molecule has 1 heterocycles. The lowest BCUT2D eigenvalue weighted by atomic mass is 10.2. The molecule has 37 heavy (non-hydrogen) atoms. The Labute approximate surface area is 214 Å². The van der Waals surface area contributed by atoms with E-state index in [1.165, 1.54) is 6.20 Å². The molecule has 2 aromatic carbocycles. The van der Waals surface area contributed by atoms with Crippen LogP contribution in [0.25, 0.3) is 0 Å². The molecule has 0 saturated carbocycles. The van der Waals surface area contributed by atoms with Crippen LogP contribution in [0.1, 0.15) is 24.5 Å². The minimum absolute atomic E-state index is 0.0986. The first kappa shape index (κ1) is 27.2. The molecule has 6 N–H and O–H groups in total. The van der Waals surface area contributed by atoms with Crippen LogP contribution in [0.4, 0.5) is 32.7 Å². The molecule has 0 spiro atoms. The monoisotopic (exact) mass is 509 g/mol. The summed E-state index contributed by atoms with van der Waals surface area (Å²) in [5.74, 6) is 0.775. The third kappa shape index (κ3) is 9.63. The zero-order valence-corrected chi connectivity index (χ0v) is 20.5. The summed E-state index contributed by atoms with van der Waals surface area (Å²) in [6.07, 6.45) is 1.64. The normalized spacial score (nSPS) is 10.3. The molecule has 0 bridgehead atoms. The highest BCUT2D eigenvalue weighted by Gasteiger charge is 2.09. The molecule has 0 aliphatic carbocycles. The highest BCUT2D eigenvalue weighted by Crippen LogP contribution is 2.21. The van der Waals surface area contributed by atoms with E-state index in [0.29, 0.717) is 54.8 Å². The number of urea groups is 1. The number of ether oxygens (including phenoxy) is 1. The molecule has 3 rings (SSSR count). The average Bonchev–Trinajstić information content (AvgIpc) is 2.89. The van der Waals surface area contributed by atoms with Crippen molar-refractivity contribution in [3.8, 4) is 0 Å². The van der Waals surface area contributed by atoms with Crippen molar-refractivity contribution in [1.82, 2.24) is 20.6 Å². The molecule has 3 amide bonds. The maximum atomic E-state index is 11.9. The van der Waals surface area contributed by atoms with E-state index < -0.39 is 6.09 Å². The average molecular weight is 510 g/mol. The van der Waals surface area contributed by atoms with Gasteiger partial charge in [-0.2, -0.15) is 4.98 Å².